The quantitative estimate of drug-likeness (QED) is 0.576. The zero-order chi connectivity index (χ0) is 7.56. The molecule has 1 heterocycles. The average molecular weight is 139 g/mol. The van der Waals surface area contributed by atoms with Gasteiger partial charge in [-0.05, 0) is 14.0 Å². The van der Waals surface area contributed by atoms with Crippen molar-refractivity contribution in [1.82, 2.24) is 10.2 Å². The van der Waals surface area contributed by atoms with Crippen LogP contribution >= 0.6 is 0 Å². The van der Waals surface area contributed by atoms with Crippen molar-refractivity contribution in [3.8, 4) is 6.07 Å². The van der Waals surface area contributed by atoms with Crippen LogP contribution in [0.25, 0.3) is 0 Å². The Morgan fingerprint density at radius 3 is 2.60 bits per heavy atom. The van der Waals surface area contributed by atoms with E-state index in [0.29, 0.717) is 6.04 Å². The van der Waals surface area contributed by atoms with Gasteiger partial charge in [-0.2, -0.15) is 5.26 Å². The van der Waals surface area contributed by atoms with Crippen LogP contribution in [-0.2, 0) is 0 Å². The molecule has 1 aliphatic rings. The van der Waals surface area contributed by atoms with Crippen LogP contribution in [0.1, 0.15) is 6.92 Å². The lowest BCUT2D eigenvalue weighted by atomic mass is 10.1. The van der Waals surface area contributed by atoms with Crippen LogP contribution in [0.15, 0.2) is 0 Å². The van der Waals surface area contributed by atoms with Gasteiger partial charge in [-0.15, -0.1) is 0 Å². The Kier molecular flexibility index (Phi) is 2.25. The molecule has 1 fully saturated rings. The molecule has 0 aromatic rings. The fraction of sp³-hybridized carbons (Fsp3) is 0.857. The molecular formula is C7H13N3. The summed E-state index contributed by atoms with van der Waals surface area (Å²) in [6.07, 6.45) is 0. The predicted molar refractivity (Wildman–Crippen MR) is 39.5 cm³/mol. The van der Waals surface area contributed by atoms with E-state index in [1.54, 1.807) is 0 Å². The lowest BCUT2D eigenvalue weighted by Crippen LogP contribution is -2.57. The van der Waals surface area contributed by atoms with Gasteiger partial charge in [0.25, 0.3) is 0 Å². The SMILES string of the molecule is C[C@@H](C#N)N(C)C1CNC1. The van der Waals surface area contributed by atoms with Crippen LogP contribution in [0.2, 0.25) is 0 Å². The monoisotopic (exact) mass is 139 g/mol. The zero-order valence-electron chi connectivity index (χ0n) is 6.46. The van der Waals surface area contributed by atoms with Gasteiger partial charge in [-0.3, -0.25) is 4.90 Å². The van der Waals surface area contributed by atoms with Gasteiger partial charge >= 0.3 is 0 Å². The normalized spacial score (nSPS) is 21.8. The number of hydrogen-bond acceptors (Lipinski definition) is 3. The molecule has 1 saturated heterocycles. The number of nitrogens with zero attached hydrogens (tertiary/aromatic N) is 2. The smallest absolute Gasteiger partial charge is 0.0950 e. The predicted octanol–water partition coefficient (Wildman–Crippen LogP) is -0.198. The van der Waals surface area contributed by atoms with E-state index >= 15 is 0 Å². The Labute approximate surface area is 61.6 Å². The molecule has 0 amide bonds. The number of nitriles is 1. The molecule has 56 valence electrons. The van der Waals surface area contributed by atoms with Gasteiger partial charge in [-0.1, -0.05) is 0 Å². The Morgan fingerprint density at radius 2 is 2.30 bits per heavy atom. The lowest BCUT2D eigenvalue weighted by molar-refractivity contribution is 0.161. The second-order valence-corrected chi connectivity index (χ2v) is 2.78. The number of hydrogen-bond donors (Lipinski definition) is 1. The lowest BCUT2D eigenvalue weighted by Gasteiger charge is -2.36. The summed E-state index contributed by atoms with van der Waals surface area (Å²) in [5.74, 6) is 0. The fourth-order valence-corrected chi connectivity index (χ4v) is 0.969. The molecule has 3 heteroatoms. The third-order valence-corrected chi connectivity index (χ3v) is 2.13. The first-order valence-electron chi connectivity index (χ1n) is 3.58. The van der Waals surface area contributed by atoms with Crippen molar-refractivity contribution in [2.24, 2.45) is 0 Å². The van der Waals surface area contributed by atoms with Crippen molar-refractivity contribution < 1.29 is 0 Å². The molecule has 0 aromatic carbocycles. The van der Waals surface area contributed by atoms with Crippen molar-refractivity contribution in [3.63, 3.8) is 0 Å². The molecule has 0 aliphatic carbocycles. The molecule has 1 rings (SSSR count). The number of nitrogens with one attached hydrogen (secondary N) is 1. The molecule has 0 spiro atoms. The minimum absolute atomic E-state index is 0.0482. The molecule has 0 radical (unpaired) electrons. The molecule has 0 unspecified atom stereocenters. The van der Waals surface area contributed by atoms with Gasteiger partial charge in [0.1, 0.15) is 0 Å². The topological polar surface area (TPSA) is 39.1 Å². The molecule has 0 bridgehead atoms. The van der Waals surface area contributed by atoms with Gasteiger partial charge in [0.05, 0.1) is 12.1 Å². The maximum atomic E-state index is 8.56. The summed E-state index contributed by atoms with van der Waals surface area (Å²) < 4.78 is 0. The van der Waals surface area contributed by atoms with Crippen molar-refractivity contribution in [3.05, 3.63) is 0 Å². The largest absolute Gasteiger partial charge is 0.314 e. The van der Waals surface area contributed by atoms with Crippen molar-refractivity contribution >= 4 is 0 Å². The summed E-state index contributed by atoms with van der Waals surface area (Å²) in [5.41, 5.74) is 0. The maximum Gasteiger partial charge on any atom is 0.0950 e. The van der Waals surface area contributed by atoms with Gasteiger partial charge in [-0.25, -0.2) is 0 Å². The summed E-state index contributed by atoms with van der Waals surface area (Å²) in [5, 5.41) is 11.7. The standard InChI is InChI=1S/C7H13N3/c1-6(3-8)10(2)7-4-9-5-7/h6-7,9H,4-5H2,1-2H3/t6-/m0/s1. The molecule has 3 nitrogen and oxygen atoms in total. The molecule has 1 N–H and O–H groups in total. The minimum atomic E-state index is 0.0482. The highest BCUT2D eigenvalue weighted by atomic mass is 15.2. The Balaban J connectivity index is 2.33. The van der Waals surface area contributed by atoms with E-state index in [0.717, 1.165) is 13.1 Å². The summed E-state index contributed by atoms with van der Waals surface area (Å²) in [4.78, 5) is 2.11. The molecule has 0 aromatic heterocycles. The second-order valence-electron chi connectivity index (χ2n) is 2.78. The van der Waals surface area contributed by atoms with Crippen LogP contribution in [0, 0.1) is 11.3 Å². The highest BCUT2D eigenvalue weighted by Crippen LogP contribution is 2.05. The second kappa shape index (κ2) is 3.00. The summed E-state index contributed by atoms with van der Waals surface area (Å²) >= 11 is 0. The summed E-state index contributed by atoms with van der Waals surface area (Å²) in [6.45, 7) is 3.99. The van der Waals surface area contributed by atoms with E-state index in [2.05, 4.69) is 16.3 Å². The Bertz CT molecular complexity index is 145. The van der Waals surface area contributed by atoms with Crippen molar-refractivity contribution in [2.45, 2.75) is 19.0 Å². The van der Waals surface area contributed by atoms with Crippen molar-refractivity contribution in [1.29, 1.82) is 5.26 Å². The van der Waals surface area contributed by atoms with Crippen LogP contribution in [-0.4, -0.2) is 37.1 Å². The summed E-state index contributed by atoms with van der Waals surface area (Å²) in [7, 11) is 2.00. The third kappa shape index (κ3) is 1.28. The molecule has 10 heavy (non-hydrogen) atoms. The average Bonchev–Trinajstić information content (AvgIpc) is 1.82. The molecule has 1 aliphatic heterocycles. The summed E-state index contributed by atoms with van der Waals surface area (Å²) in [6, 6.07) is 2.84. The van der Waals surface area contributed by atoms with E-state index in [-0.39, 0.29) is 6.04 Å². The van der Waals surface area contributed by atoms with Crippen molar-refractivity contribution in [2.75, 3.05) is 20.1 Å². The van der Waals surface area contributed by atoms with Gasteiger partial charge < -0.3 is 5.32 Å². The number of likely N-dealkylation sites (N-methyl/N-ethyl adjacent to an activating group) is 1. The van der Waals surface area contributed by atoms with Gasteiger partial charge in [0.15, 0.2) is 0 Å². The van der Waals surface area contributed by atoms with Gasteiger partial charge in [0, 0.05) is 19.1 Å². The molecular weight excluding hydrogens is 126 g/mol. The maximum absolute atomic E-state index is 8.56. The molecule has 1 atom stereocenters. The van der Waals surface area contributed by atoms with Crippen LogP contribution in [0.5, 0.6) is 0 Å². The first-order chi connectivity index (χ1) is 4.75. The van der Waals surface area contributed by atoms with E-state index in [4.69, 9.17) is 5.26 Å². The van der Waals surface area contributed by atoms with Crippen LogP contribution < -0.4 is 5.32 Å². The van der Waals surface area contributed by atoms with Crippen LogP contribution in [0.3, 0.4) is 0 Å². The van der Waals surface area contributed by atoms with E-state index in [1.807, 2.05) is 14.0 Å². The third-order valence-electron chi connectivity index (χ3n) is 2.13. The fourth-order valence-electron chi connectivity index (χ4n) is 0.969. The Hall–Kier alpha value is -0.590. The van der Waals surface area contributed by atoms with E-state index in [9.17, 15) is 0 Å². The minimum Gasteiger partial charge on any atom is -0.314 e. The van der Waals surface area contributed by atoms with Gasteiger partial charge in [0.2, 0.25) is 0 Å². The first-order valence-corrected chi connectivity index (χ1v) is 3.58. The number of rotatable bonds is 2. The highest BCUT2D eigenvalue weighted by Gasteiger charge is 2.24. The highest BCUT2D eigenvalue weighted by molar-refractivity contribution is 4.93. The van der Waals surface area contributed by atoms with Crippen LogP contribution in [0.4, 0.5) is 0 Å². The zero-order valence-corrected chi connectivity index (χ0v) is 6.46. The molecule has 0 saturated carbocycles. The van der Waals surface area contributed by atoms with E-state index < -0.39 is 0 Å². The van der Waals surface area contributed by atoms with E-state index in [1.165, 1.54) is 0 Å². The Morgan fingerprint density at radius 1 is 1.70 bits per heavy atom. The first kappa shape index (κ1) is 7.52.